The maximum absolute atomic E-state index is 11.6. The molecule has 0 spiro atoms. The molecule has 0 N–H and O–H groups in total. The standard InChI is InChI=1S/C18H21N3O2/c1-13-3-5-14(6-4-13)16-7-8-17(20-19-16)21-11-9-15(10-12-21)18(22)23-2/h3-8,15H,9-12H2,1-2H3. The molecular formula is C18H21N3O2. The van der Waals surface area contributed by atoms with Crippen molar-refractivity contribution in [2.75, 3.05) is 25.1 Å². The number of piperidine rings is 1. The molecule has 5 nitrogen and oxygen atoms in total. The molecular weight excluding hydrogens is 290 g/mol. The van der Waals surface area contributed by atoms with E-state index in [4.69, 9.17) is 4.74 Å². The molecule has 0 aliphatic carbocycles. The number of aryl methyl sites for hydroxylation is 1. The van der Waals surface area contributed by atoms with Crippen LogP contribution in [0.1, 0.15) is 18.4 Å². The Morgan fingerprint density at radius 3 is 2.35 bits per heavy atom. The lowest BCUT2D eigenvalue weighted by Gasteiger charge is -2.31. The lowest BCUT2D eigenvalue weighted by molar-refractivity contribution is -0.146. The van der Waals surface area contributed by atoms with Crippen LogP contribution >= 0.6 is 0 Å². The van der Waals surface area contributed by atoms with Crippen molar-refractivity contribution in [1.82, 2.24) is 10.2 Å². The van der Waals surface area contributed by atoms with E-state index in [9.17, 15) is 4.79 Å². The molecule has 0 amide bonds. The molecule has 1 fully saturated rings. The number of rotatable bonds is 3. The molecule has 120 valence electrons. The third-order valence-electron chi connectivity index (χ3n) is 4.35. The number of carbonyl (C=O) groups excluding carboxylic acids is 1. The number of methoxy groups -OCH3 is 1. The van der Waals surface area contributed by atoms with Gasteiger partial charge in [0, 0.05) is 18.7 Å². The lowest BCUT2D eigenvalue weighted by atomic mass is 9.97. The highest BCUT2D eigenvalue weighted by atomic mass is 16.5. The van der Waals surface area contributed by atoms with Gasteiger partial charge in [0.05, 0.1) is 18.7 Å². The minimum Gasteiger partial charge on any atom is -0.469 e. The van der Waals surface area contributed by atoms with Crippen molar-refractivity contribution in [3.05, 3.63) is 42.0 Å². The summed E-state index contributed by atoms with van der Waals surface area (Å²) in [4.78, 5) is 13.7. The molecule has 1 saturated heterocycles. The van der Waals surface area contributed by atoms with Crippen LogP contribution in [0.5, 0.6) is 0 Å². The molecule has 0 unspecified atom stereocenters. The Labute approximate surface area is 136 Å². The SMILES string of the molecule is COC(=O)C1CCN(c2ccc(-c3ccc(C)cc3)nn2)CC1. The smallest absolute Gasteiger partial charge is 0.308 e. The molecule has 0 saturated carbocycles. The molecule has 1 aliphatic heterocycles. The van der Waals surface area contributed by atoms with Gasteiger partial charge in [-0.05, 0) is 31.9 Å². The van der Waals surface area contributed by atoms with Crippen LogP contribution in [0.15, 0.2) is 36.4 Å². The molecule has 1 aliphatic rings. The van der Waals surface area contributed by atoms with Gasteiger partial charge in [0.15, 0.2) is 5.82 Å². The van der Waals surface area contributed by atoms with E-state index < -0.39 is 0 Å². The zero-order chi connectivity index (χ0) is 16.2. The zero-order valence-electron chi connectivity index (χ0n) is 13.5. The van der Waals surface area contributed by atoms with Crippen LogP contribution in [0, 0.1) is 12.8 Å². The fourth-order valence-electron chi connectivity index (χ4n) is 2.88. The number of hydrogen-bond donors (Lipinski definition) is 0. The zero-order valence-corrected chi connectivity index (χ0v) is 13.5. The van der Waals surface area contributed by atoms with Gasteiger partial charge >= 0.3 is 5.97 Å². The van der Waals surface area contributed by atoms with E-state index in [1.807, 2.05) is 12.1 Å². The van der Waals surface area contributed by atoms with E-state index in [1.54, 1.807) is 0 Å². The third-order valence-corrected chi connectivity index (χ3v) is 4.35. The first-order valence-corrected chi connectivity index (χ1v) is 7.91. The summed E-state index contributed by atoms with van der Waals surface area (Å²) in [6.45, 7) is 3.67. The van der Waals surface area contributed by atoms with E-state index in [-0.39, 0.29) is 11.9 Å². The Bertz CT molecular complexity index is 660. The fraction of sp³-hybridized carbons (Fsp3) is 0.389. The van der Waals surface area contributed by atoms with Crippen LogP contribution in [-0.4, -0.2) is 36.4 Å². The van der Waals surface area contributed by atoms with Crippen molar-refractivity contribution in [1.29, 1.82) is 0 Å². The normalized spacial score (nSPS) is 15.5. The maximum Gasteiger partial charge on any atom is 0.308 e. The van der Waals surface area contributed by atoms with Crippen LogP contribution in [0.3, 0.4) is 0 Å². The van der Waals surface area contributed by atoms with Crippen molar-refractivity contribution < 1.29 is 9.53 Å². The average Bonchev–Trinajstić information content (AvgIpc) is 2.62. The van der Waals surface area contributed by atoms with E-state index in [0.29, 0.717) is 0 Å². The minimum absolute atomic E-state index is 0.0102. The number of esters is 1. The van der Waals surface area contributed by atoms with Gasteiger partial charge in [0.1, 0.15) is 0 Å². The second kappa shape index (κ2) is 6.77. The number of ether oxygens (including phenoxy) is 1. The summed E-state index contributed by atoms with van der Waals surface area (Å²) < 4.78 is 4.82. The minimum atomic E-state index is -0.106. The third kappa shape index (κ3) is 3.50. The predicted octanol–water partition coefficient (Wildman–Crippen LogP) is 2.84. The van der Waals surface area contributed by atoms with Crippen LogP contribution in [0.2, 0.25) is 0 Å². The van der Waals surface area contributed by atoms with E-state index in [0.717, 1.165) is 43.0 Å². The van der Waals surface area contributed by atoms with E-state index >= 15 is 0 Å². The molecule has 0 radical (unpaired) electrons. The largest absolute Gasteiger partial charge is 0.469 e. The number of nitrogens with zero attached hydrogens (tertiary/aromatic N) is 3. The first-order valence-electron chi connectivity index (χ1n) is 7.91. The first kappa shape index (κ1) is 15.5. The van der Waals surface area contributed by atoms with Gasteiger partial charge in [0.25, 0.3) is 0 Å². The number of benzene rings is 1. The highest BCUT2D eigenvalue weighted by Gasteiger charge is 2.26. The number of carbonyl (C=O) groups is 1. The van der Waals surface area contributed by atoms with Crippen LogP contribution in [-0.2, 0) is 9.53 Å². The summed E-state index contributed by atoms with van der Waals surface area (Å²) in [7, 11) is 1.45. The summed E-state index contributed by atoms with van der Waals surface area (Å²) in [5.74, 6) is 0.769. The van der Waals surface area contributed by atoms with Crippen molar-refractivity contribution in [3.8, 4) is 11.3 Å². The Hall–Kier alpha value is -2.43. The highest BCUT2D eigenvalue weighted by molar-refractivity contribution is 5.72. The van der Waals surface area contributed by atoms with E-state index in [2.05, 4.69) is 46.3 Å². The van der Waals surface area contributed by atoms with Crippen molar-refractivity contribution >= 4 is 11.8 Å². The second-order valence-corrected chi connectivity index (χ2v) is 5.93. The monoisotopic (exact) mass is 311 g/mol. The molecule has 3 rings (SSSR count). The summed E-state index contributed by atoms with van der Waals surface area (Å²) in [6, 6.07) is 12.3. The quantitative estimate of drug-likeness (QED) is 0.816. The van der Waals surface area contributed by atoms with Crippen LogP contribution < -0.4 is 4.90 Å². The summed E-state index contributed by atoms with van der Waals surface area (Å²) >= 11 is 0. The fourth-order valence-corrected chi connectivity index (χ4v) is 2.88. The summed E-state index contributed by atoms with van der Waals surface area (Å²) in [6.07, 6.45) is 1.60. The molecule has 1 aromatic heterocycles. The van der Waals surface area contributed by atoms with Crippen molar-refractivity contribution in [3.63, 3.8) is 0 Å². The van der Waals surface area contributed by atoms with Gasteiger partial charge < -0.3 is 9.64 Å². The molecule has 0 atom stereocenters. The number of anilines is 1. The second-order valence-electron chi connectivity index (χ2n) is 5.93. The summed E-state index contributed by atoms with van der Waals surface area (Å²) in [5, 5.41) is 8.69. The topological polar surface area (TPSA) is 55.3 Å². The van der Waals surface area contributed by atoms with Crippen molar-refractivity contribution in [2.45, 2.75) is 19.8 Å². The first-order chi connectivity index (χ1) is 11.2. The van der Waals surface area contributed by atoms with E-state index in [1.165, 1.54) is 12.7 Å². The molecule has 0 bridgehead atoms. The van der Waals surface area contributed by atoms with Crippen LogP contribution in [0.4, 0.5) is 5.82 Å². The van der Waals surface area contributed by atoms with Gasteiger partial charge in [0.2, 0.25) is 0 Å². The van der Waals surface area contributed by atoms with Gasteiger partial charge in [-0.2, -0.15) is 0 Å². The molecule has 1 aromatic carbocycles. The van der Waals surface area contributed by atoms with Gasteiger partial charge in [-0.3, -0.25) is 4.79 Å². The predicted molar refractivity (Wildman–Crippen MR) is 89.2 cm³/mol. The van der Waals surface area contributed by atoms with Gasteiger partial charge in [-0.1, -0.05) is 29.8 Å². The molecule has 5 heteroatoms. The molecule has 2 aromatic rings. The summed E-state index contributed by atoms with van der Waals surface area (Å²) in [5.41, 5.74) is 3.17. The highest BCUT2D eigenvalue weighted by Crippen LogP contribution is 2.24. The number of hydrogen-bond acceptors (Lipinski definition) is 5. The van der Waals surface area contributed by atoms with Gasteiger partial charge in [-0.15, -0.1) is 10.2 Å². The lowest BCUT2D eigenvalue weighted by Crippen LogP contribution is -2.37. The molecule has 23 heavy (non-hydrogen) atoms. The Balaban J connectivity index is 1.66. The van der Waals surface area contributed by atoms with Gasteiger partial charge in [-0.25, -0.2) is 0 Å². The Morgan fingerprint density at radius 2 is 1.78 bits per heavy atom. The van der Waals surface area contributed by atoms with Crippen LogP contribution in [0.25, 0.3) is 11.3 Å². The number of aromatic nitrogens is 2. The Kier molecular flexibility index (Phi) is 4.55. The average molecular weight is 311 g/mol. The van der Waals surface area contributed by atoms with Crippen molar-refractivity contribution in [2.24, 2.45) is 5.92 Å². The molecule has 2 heterocycles. The Morgan fingerprint density at radius 1 is 1.09 bits per heavy atom. The maximum atomic E-state index is 11.6.